The van der Waals surface area contributed by atoms with Gasteiger partial charge in [-0.05, 0) is 30.4 Å². The third-order valence-corrected chi connectivity index (χ3v) is 4.33. The molecule has 2 rings (SSSR count). The first kappa shape index (κ1) is 18.8. The molecule has 1 aliphatic heterocycles. The second kappa shape index (κ2) is 9.11. The zero-order valence-corrected chi connectivity index (χ0v) is 14.8. The average Bonchev–Trinajstić information content (AvgIpc) is 2.66. The van der Waals surface area contributed by atoms with Crippen molar-refractivity contribution >= 4 is 29.2 Å². The zero-order valence-electron chi connectivity index (χ0n) is 14.0. The molecule has 1 aliphatic rings. The Morgan fingerprint density at radius 1 is 1.28 bits per heavy atom. The Labute approximate surface area is 152 Å². The van der Waals surface area contributed by atoms with Crippen LogP contribution in [0, 0.1) is 11.3 Å². The van der Waals surface area contributed by atoms with Crippen LogP contribution in [0.25, 0.3) is 0 Å². The predicted octanol–water partition coefficient (Wildman–Crippen LogP) is 1.02. The molecule has 0 bridgehead atoms. The number of methoxy groups -OCH3 is 1. The van der Waals surface area contributed by atoms with Crippen molar-refractivity contribution in [1.82, 2.24) is 15.1 Å². The maximum Gasteiger partial charge on any atom is 0.337 e. The van der Waals surface area contributed by atoms with Gasteiger partial charge in [0.2, 0.25) is 0 Å². The molecule has 132 valence electrons. The fourth-order valence-corrected chi connectivity index (χ4v) is 2.81. The Kier molecular flexibility index (Phi) is 6.86. The van der Waals surface area contributed by atoms with E-state index < -0.39 is 5.97 Å². The summed E-state index contributed by atoms with van der Waals surface area (Å²) in [6.45, 7) is 3.76. The maximum absolute atomic E-state index is 12.3. The molecule has 1 aromatic rings. The molecule has 1 aromatic carbocycles. The molecule has 0 atom stereocenters. The van der Waals surface area contributed by atoms with Crippen LogP contribution in [-0.4, -0.2) is 66.6 Å². The number of nitrogens with one attached hydrogen (secondary N) is 1. The monoisotopic (exact) mass is 360 g/mol. The summed E-state index contributed by atoms with van der Waals surface area (Å²) in [5, 5.41) is 11.7. The Bertz CT molecular complexity index is 693. The van der Waals surface area contributed by atoms with E-state index in [-0.39, 0.29) is 5.91 Å². The van der Waals surface area contributed by atoms with E-state index >= 15 is 0 Å². The van der Waals surface area contributed by atoms with Crippen LogP contribution >= 0.6 is 12.2 Å². The Morgan fingerprint density at radius 2 is 1.96 bits per heavy atom. The molecule has 1 heterocycles. The number of carbonyl (C=O) groups is 2. The molecule has 8 heteroatoms. The number of benzene rings is 1. The molecule has 7 nitrogen and oxygen atoms in total. The highest BCUT2D eigenvalue weighted by atomic mass is 32.1. The summed E-state index contributed by atoms with van der Waals surface area (Å²) in [7, 11) is 1.29. The summed E-state index contributed by atoms with van der Waals surface area (Å²) in [5.74, 6) is -0.853. The normalized spacial score (nSPS) is 14.5. The van der Waals surface area contributed by atoms with E-state index in [1.165, 1.54) is 13.2 Å². The molecule has 1 N–H and O–H groups in total. The summed E-state index contributed by atoms with van der Waals surface area (Å²) in [6, 6.07) is 8.44. The summed E-state index contributed by atoms with van der Waals surface area (Å²) in [6.07, 6.45) is 0.512. The maximum atomic E-state index is 12.3. The van der Waals surface area contributed by atoms with E-state index in [1.807, 2.05) is 4.90 Å². The highest BCUT2D eigenvalue weighted by molar-refractivity contribution is 7.80. The van der Waals surface area contributed by atoms with Crippen LogP contribution in [0.3, 0.4) is 0 Å². The quantitative estimate of drug-likeness (QED) is 0.634. The summed E-state index contributed by atoms with van der Waals surface area (Å²) < 4.78 is 4.66. The van der Waals surface area contributed by atoms with Gasteiger partial charge in [-0.15, -0.1) is 0 Å². The molecule has 25 heavy (non-hydrogen) atoms. The van der Waals surface area contributed by atoms with E-state index in [4.69, 9.17) is 17.5 Å². The van der Waals surface area contributed by atoms with E-state index in [0.29, 0.717) is 35.7 Å². The summed E-state index contributed by atoms with van der Waals surface area (Å²) in [4.78, 5) is 28.0. The first-order valence-corrected chi connectivity index (χ1v) is 8.34. The van der Waals surface area contributed by atoms with Crippen LogP contribution in [0.15, 0.2) is 24.3 Å². The minimum absolute atomic E-state index is 0.312. The van der Waals surface area contributed by atoms with E-state index in [2.05, 4.69) is 21.0 Å². The predicted molar refractivity (Wildman–Crippen MR) is 96.1 cm³/mol. The number of nitriles is 1. The fraction of sp³-hybridized carbons (Fsp3) is 0.412. The topological polar surface area (TPSA) is 85.7 Å². The third-order valence-electron chi connectivity index (χ3n) is 3.97. The SMILES string of the molecule is COC(=O)c1cccc(C(=O)NC(=S)N2CCN(CCC#N)CC2)c1. The van der Waals surface area contributed by atoms with Gasteiger partial charge in [-0.2, -0.15) is 5.26 Å². The number of hydrogen-bond donors (Lipinski definition) is 1. The van der Waals surface area contributed by atoms with Crippen LogP contribution in [0.2, 0.25) is 0 Å². The number of amides is 1. The Morgan fingerprint density at radius 3 is 2.60 bits per heavy atom. The van der Waals surface area contributed by atoms with Gasteiger partial charge in [0.25, 0.3) is 5.91 Å². The molecule has 1 fully saturated rings. The van der Waals surface area contributed by atoms with Gasteiger partial charge in [0, 0.05) is 44.7 Å². The third kappa shape index (κ3) is 5.24. The minimum atomic E-state index is -0.495. The first-order valence-electron chi connectivity index (χ1n) is 7.93. The van der Waals surface area contributed by atoms with Gasteiger partial charge in [0.1, 0.15) is 0 Å². The number of hydrogen-bond acceptors (Lipinski definition) is 6. The minimum Gasteiger partial charge on any atom is -0.465 e. The van der Waals surface area contributed by atoms with Gasteiger partial charge in [0.05, 0.1) is 18.7 Å². The second-order valence-electron chi connectivity index (χ2n) is 5.57. The van der Waals surface area contributed by atoms with Crippen LogP contribution in [0.4, 0.5) is 0 Å². The molecule has 0 radical (unpaired) electrons. The largest absolute Gasteiger partial charge is 0.465 e. The summed E-state index contributed by atoms with van der Waals surface area (Å²) in [5.41, 5.74) is 0.657. The smallest absolute Gasteiger partial charge is 0.337 e. The van der Waals surface area contributed by atoms with Crippen LogP contribution in [0.1, 0.15) is 27.1 Å². The lowest BCUT2D eigenvalue weighted by Gasteiger charge is -2.35. The number of esters is 1. The number of thiocarbonyl (C=S) groups is 1. The highest BCUT2D eigenvalue weighted by Crippen LogP contribution is 2.08. The molecule has 0 spiro atoms. The molecule has 1 saturated heterocycles. The molecule has 0 aliphatic carbocycles. The van der Waals surface area contributed by atoms with Crippen molar-refractivity contribution in [2.45, 2.75) is 6.42 Å². The molecule has 0 saturated carbocycles. The van der Waals surface area contributed by atoms with Crippen molar-refractivity contribution in [2.24, 2.45) is 0 Å². The fourth-order valence-electron chi connectivity index (χ4n) is 2.54. The number of ether oxygens (including phenoxy) is 1. The van der Waals surface area contributed by atoms with Gasteiger partial charge in [0.15, 0.2) is 5.11 Å². The van der Waals surface area contributed by atoms with Crippen LogP contribution in [0.5, 0.6) is 0 Å². The van der Waals surface area contributed by atoms with Crippen molar-refractivity contribution in [3.63, 3.8) is 0 Å². The highest BCUT2D eigenvalue weighted by Gasteiger charge is 2.20. The average molecular weight is 360 g/mol. The van der Waals surface area contributed by atoms with Crippen molar-refractivity contribution in [2.75, 3.05) is 39.8 Å². The lowest BCUT2D eigenvalue weighted by atomic mass is 10.1. The Balaban J connectivity index is 1.90. The molecule has 0 aromatic heterocycles. The van der Waals surface area contributed by atoms with Gasteiger partial charge in [-0.3, -0.25) is 15.0 Å². The zero-order chi connectivity index (χ0) is 18.2. The molecular weight excluding hydrogens is 340 g/mol. The standard InChI is InChI=1S/C17H20N4O3S/c1-24-16(23)14-5-2-4-13(12-14)15(22)19-17(25)21-10-8-20(9-11-21)7-3-6-18/h2,4-5,12H,3,7-11H2,1H3,(H,19,22,25). The second-order valence-corrected chi connectivity index (χ2v) is 5.96. The van der Waals surface area contributed by atoms with Gasteiger partial charge < -0.3 is 9.64 Å². The van der Waals surface area contributed by atoms with Crippen molar-refractivity contribution in [1.29, 1.82) is 5.26 Å². The summed E-state index contributed by atoms with van der Waals surface area (Å²) >= 11 is 5.32. The van der Waals surface area contributed by atoms with E-state index in [1.54, 1.807) is 18.2 Å². The number of nitrogens with zero attached hydrogens (tertiary/aromatic N) is 3. The van der Waals surface area contributed by atoms with Crippen molar-refractivity contribution < 1.29 is 14.3 Å². The molecular formula is C17H20N4O3S. The first-order chi connectivity index (χ1) is 12.0. The van der Waals surface area contributed by atoms with Crippen LogP contribution in [-0.2, 0) is 4.74 Å². The van der Waals surface area contributed by atoms with Gasteiger partial charge in [-0.1, -0.05) is 6.07 Å². The van der Waals surface area contributed by atoms with Gasteiger partial charge in [-0.25, -0.2) is 4.79 Å². The number of rotatable bonds is 4. The van der Waals surface area contributed by atoms with Crippen molar-refractivity contribution in [3.8, 4) is 6.07 Å². The molecule has 0 unspecified atom stereocenters. The number of piperazine rings is 1. The van der Waals surface area contributed by atoms with E-state index in [0.717, 1.165) is 19.6 Å². The van der Waals surface area contributed by atoms with E-state index in [9.17, 15) is 9.59 Å². The lowest BCUT2D eigenvalue weighted by molar-refractivity contribution is 0.0600. The van der Waals surface area contributed by atoms with Gasteiger partial charge >= 0.3 is 5.97 Å². The Hall–Kier alpha value is -2.50. The van der Waals surface area contributed by atoms with Crippen LogP contribution < -0.4 is 5.32 Å². The number of carbonyl (C=O) groups excluding carboxylic acids is 2. The molecule has 1 amide bonds. The van der Waals surface area contributed by atoms with Crippen molar-refractivity contribution in [3.05, 3.63) is 35.4 Å². The lowest BCUT2D eigenvalue weighted by Crippen LogP contribution is -2.52.